The zero-order chi connectivity index (χ0) is 15.2. The van der Waals surface area contributed by atoms with Crippen molar-refractivity contribution in [2.45, 2.75) is 19.4 Å². The van der Waals surface area contributed by atoms with E-state index in [1.807, 2.05) is 0 Å². The van der Waals surface area contributed by atoms with Gasteiger partial charge >= 0.3 is 0 Å². The molecule has 0 spiro atoms. The van der Waals surface area contributed by atoms with E-state index in [9.17, 15) is 13.2 Å². The highest BCUT2D eigenvalue weighted by molar-refractivity contribution is 7.92. The minimum atomic E-state index is -3.55. The van der Waals surface area contributed by atoms with Crippen LogP contribution in [-0.4, -0.2) is 33.2 Å². The van der Waals surface area contributed by atoms with Crippen molar-refractivity contribution < 1.29 is 13.2 Å². The molecule has 0 bridgehead atoms. The SMILES string of the molecule is C=CCNC(=O)[C@@H](CC)N(c1ccccc1)S(C)(=O)=O. The highest BCUT2D eigenvalue weighted by Crippen LogP contribution is 2.21. The summed E-state index contributed by atoms with van der Waals surface area (Å²) in [6.45, 7) is 5.61. The van der Waals surface area contributed by atoms with Crippen LogP contribution in [-0.2, 0) is 14.8 Å². The van der Waals surface area contributed by atoms with Crippen LogP contribution in [0.5, 0.6) is 0 Å². The number of hydrogen-bond acceptors (Lipinski definition) is 3. The maximum atomic E-state index is 12.1. The number of sulfonamides is 1. The Morgan fingerprint density at radius 3 is 2.45 bits per heavy atom. The lowest BCUT2D eigenvalue weighted by Gasteiger charge is -2.29. The molecule has 0 aliphatic heterocycles. The van der Waals surface area contributed by atoms with Gasteiger partial charge < -0.3 is 5.32 Å². The molecule has 0 aliphatic rings. The average molecular weight is 296 g/mol. The van der Waals surface area contributed by atoms with Crippen LogP contribution < -0.4 is 9.62 Å². The average Bonchev–Trinajstić information content (AvgIpc) is 2.41. The van der Waals surface area contributed by atoms with Gasteiger partial charge in [-0.25, -0.2) is 8.42 Å². The number of carbonyl (C=O) groups is 1. The summed E-state index contributed by atoms with van der Waals surface area (Å²) in [5.41, 5.74) is 0.482. The summed E-state index contributed by atoms with van der Waals surface area (Å²) in [5.74, 6) is -0.332. The largest absolute Gasteiger partial charge is 0.351 e. The number of nitrogens with one attached hydrogen (secondary N) is 1. The first kappa shape index (κ1) is 16.2. The molecule has 1 atom stereocenters. The molecule has 1 aromatic carbocycles. The van der Waals surface area contributed by atoms with Crippen molar-refractivity contribution in [1.82, 2.24) is 5.32 Å². The van der Waals surface area contributed by atoms with Crippen LogP contribution in [0.25, 0.3) is 0 Å². The number of amides is 1. The topological polar surface area (TPSA) is 66.5 Å². The lowest BCUT2D eigenvalue weighted by atomic mass is 10.2. The standard InChI is InChI=1S/C14H20N2O3S/c1-4-11-15-14(17)13(5-2)16(20(3,18)19)12-9-7-6-8-10-12/h4,6-10,13H,1,5,11H2,2-3H3,(H,15,17)/t13-/m1/s1. The molecule has 0 saturated heterocycles. The van der Waals surface area contributed by atoms with Crippen LogP contribution >= 0.6 is 0 Å². The van der Waals surface area contributed by atoms with Crippen LogP contribution in [0.15, 0.2) is 43.0 Å². The third-order valence-electron chi connectivity index (χ3n) is 2.76. The van der Waals surface area contributed by atoms with E-state index < -0.39 is 16.1 Å². The van der Waals surface area contributed by atoms with E-state index in [0.29, 0.717) is 18.7 Å². The van der Waals surface area contributed by atoms with E-state index in [2.05, 4.69) is 11.9 Å². The molecule has 1 amide bonds. The summed E-state index contributed by atoms with van der Waals surface area (Å²) in [4.78, 5) is 12.1. The van der Waals surface area contributed by atoms with E-state index in [1.165, 1.54) is 0 Å². The molecule has 0 aliphatic carbocycles. The van der Waals surface area contributed by atoms with Gasteiger partial charge in [0.05, 0.1) is 11.9 Å². The third-order valence-corrected chi connectivity index (χ3v) is 3.94. The molecule has 0 saturated carbocycles. The molecule has 0 aromatic heterocycles. The zero-order valence-electron chi connectivity index (χ0n) is 11.7. The summed E-state index contributed by atoms with van der Waals surface area (Å²) in [7, 11) is -3.55. The summed E-state index contributed by atoms with van der Waals surface area (Å²) >= 11 is 0. The fourth-order valence-electron chi connectivity index (χ4n) is 1.93. The van der Waals surface area contributed by atoms with Gasteiger partial charge in [-0.2, -0.15) is 0 Å². The van der Waals surface area contributed by atoms with Crippen molar-refractivity contribution in [2.24, 2.45) is 0 Å². The van der Waals surface area contributed by atoms with Crippen LogP contribution in [0, 0.1) is 0 Å². The third kappa shape index (κ3) is 4.09. The second-order valence-electron chi connectivity index (χ2n) is 4.35. The highest BCUT2D eigenvalue weighted by atomic mass is 32.2. The number of anilines is 1. The Hall–Kier alpha value is -1.82. The number of hydrogen-bond donors (Lipinski definition) is 1. The van der Waals surface area contributed by atoms with Gasteiger partial charge in [0.25, 0.3) is 0 Å². The van der Waals surface area contributed by atoms with Crippen molar-refractivity contribution in [3.8, 4) is 0 Å². The van der Waals surface area contributed by atoms with Gasteiger partial charge in [-0.1, -0.05) is 31.2 Å². The molecule has 0 heterocycles. The smallest absolute Gasteiger partial charge is 0.244 e. The minimum absolute atomic E-state index is 0.307. The maximum Gasteiger partial charge on any atom is 0.244 e. The molecule has 1 rings (SSSR count). The Balaban J connectivity index is 3.16. The monoisotopic (exact) mass is 296 g/mol. The number of para-hydroxylation sites is 1. The molecular formula is C14H20N2O3S. The Morgan fingerprint density at radius 1 is 1.40 bits per heavy atom. The van der Waals surface area contributed by atoms with Crippen molar-refractivity contribution in [3.63, 3.8) is 0 Å². The fraction of sp³-hybridized carbons (Fsp3) is 0.357. The van der Waals surface area contributed by atoms with Crippen molar-refractivity contribution in [3.05, 3.63) is 43.0 Å². The molecule has 20 heavy (non-hydrogen) atoms. The Morgan fingerprint density at radius 2 is 2.00 bits per heavy atom. The summed E-state index contributed by atoms with van der Waals surface area (Å²) in [5, 5.41) is 2.64. The lowest BCUT2D eigenvalue weighted by molar-refractivity contribution is -0.122. The summed E-state index contributed by atoms with van der Waals surface area (Å²) in [6, 6.07) is 7.84. The van der Waals surface area contributed by atoms with Crippen LogP contribution in [0.3, 0.4) is 0 Å². The molecule has 0 unspecified atom stereocenters. The predicted octanol–water partition coefficient (Wildman–Crippen LogP) is 1.53. The Bertz CT molecular complexity index is 555. The molecule has 110 valence electrons. The summed E-state index contributed by atoms with van der Waals surface area (Å²) < 4.78 is 25.2. The second-order valence-corrected chi connectivity index (χ2v) is 6.21. The van der Waals surface area contributed by atoms with Crippen LogP contribution in [0.2, 0.25) is 0 Å². The quantitative estimate of drug-likeness (QED) is 0.776. The van der Waals surface area contributed by atoms with Gasteiger partial charge in [-0.05, 0) is 18.6 Å². The second kappa shape index (κ2) is 7.09. The van der Waals surface area contributed by atoms with Gasteiger partial charge in [-0.15, -0.1) is 6.58 Å². The van der Waals surface area contributed by atoms with Crippen molar-refractivity contribution in [1.29, 1.82) is 0 Å². The molecule has 1 aromatic rings. The first-order chi connectivity index (χ1) is 9.41. The van der Waals surface area contributed by atoms with E-state index in [0.717, 1.165) is 10.6 Å². The maximum absolute atomic E-state index is 12.1. The van der Waals surface area contributed by atoms with Gasteiger partial charge in [0.15, 0.2) is 0 Å². The van der Waals surface area contributed by atoms with Crippen molar-refractivity contribution in [2.75, 3.05) is 17.1 Å². The van der Waals surface area contributed by atoms with E-state index in [4.69, 9.17) is 0 Å². The minimum Gasteiger partial charge on any atom is -0.351 e. The molecule has 5 nitrogen and oxygen atoms in total. The van der Waals surface area contributed by atoms with Gasteiger partial charge in [0.2, 0.25) is 15.9 Å². The molecular weight excluding hydrogens is 276 g/mol. The molecule has 1 N–H and O–H groups in total. The highest BCUT2D eigenvalue weighted by Gasteiger charge is 2.30. The predicted molar refractivity (Wildman–Crippen MR) is 81.1 cm³/mol. The van der Waals surface area contributed by atoms with Crippen molar-refractivity contribution >= 4 is 21.6 Å². The zero-order valence-corrected chi connectivity index (χ0v) is 12.6. The molecule has 6 heteroatoms. The summed E-state index contributed by atoms with van der Waals surface area (Å²) in [6.07, 6.45) is 3.03. The number of benzene rings is 1. The number of carbonyl (C=O) groups excluding carboxylic acids is 1. The van der Waals surface area contributed by atoms with Gasteiger partial charge in [0.1, 0.15) is 6.04 Å². The Labute approximate surface area is 120 Å². The number of rotatable bonds is 7. The van der Waals surface area contributed by atoms with Gasteiger partial charge in [0, 0.05) is 6.54 Å². The van der Waals surface area contributed by atoms with Crippen LogP contribution in [0.4, 0.5) is 5.69 Å². The van der Waals surface area contributed by atoms with E-state index in [-0.39, 0.29) is 5.91 Å². The molecule has 0 fully saturated rings. The van der Waals surface area contributed by atoms with E-state index >= 15 is 0 Å². The molecule has 0 radical (unpaired) electrons. The van der Waals surface area contributed by atoms with Gasteiger partial charge in [-0.3, -0.25) is 9.10 Å². The number of nitrogens with zero attached hydrogens (tertiary/aromatic N) is 1. The first-order valence-corrected chi connectivity index (χ1v) is 8.19. The first-order valence-electron chi connectivity index (χ1n) is 6.34. The normalized spacial score (nSPS) is 12.5. The Kier molecular flexibility index (Phi) is 5.76. The van der Waals surface area contributed by atoms with E-state index in [1.54, 1.807) is 43.3 Å². The lowest BCUT2D eigenvalue weighted by Crippen LogP contribution is -2.49. The van der Waals surface area contributed by atoms with Crippen LogP contribution in [0.1, 0.15) is 13.3 Å². The fourth-order valence-corrected chi connectivity index (χ4v) is 3.14.